The lowest BCUT2D eigenvalue weighted by Gasteiger charge is -2.24. The quantitative estimate of drug-likeness (QED) is 0.422. The summed E-state index contributed by atoms with van der Waals surface area (Å²) in [7, 11) is 1.41. The number of carbonyl (C=O) groups is 1. The van der Waals surface area contributed by atoms with Crippen LogP contribution in [0.3, 0.4) is 0 Å². The normalized spacial score (nSPS) is 16.6. The van der Waals surface area contributed by atoms with Crippen molar-refractivity contribution < 1.29 is 22.7 Å². The molecule has 0 amide bonds. The van der Waals surface area contributed by atoms with E-state index in [1.807, 2.05) is 38.1 Å². The average molecular weight is 526 g/mol. The molecule has 1 aliphatic carbocycles. The highest BCUT2D eigenvalue weighted by atomic mass is 19.4. The number of rotatable bonds is 6. The number of halogens is 3. The number of ether oxygens (including phenoxy) is 1. The van der Waals surface area contributed by atoms with Crippen molar-refractivity contribution in [1.29, 1.82) is 0 Å². The molecular weight excluding hydrogens is 495 g/mol. The molecule has 0 atom stereocenters. The van der Waals surface area contributed by atoms with Crippen molar-refractivity contribution in [3.05, 3.63) is 70.8 Å². The van der Waals surface area contributed by atoms with Gasteiger partial charge in [0.25, 0.3) is 0 Å². The molecule has 3 heterocycles. The molecule has 0 saturated heterocycles. The summed E-state index contributed by atoms with van der Waals surface area (Å²) in [5.74, 6) is 1.12. The summed E-state index contributed by atoms with van der Waals surface area (Å²) in [6.07, 6.45) is -0.617. The lowest BCUT2D eigenvalue weighted by Crippen LogP contribution is -2.29. The highest BCUT2D eigenvalue weighted by Crippen LogP contribution is 2.49. The van der Waals surface area contributed by atoms with Crippen LogP contribution in [-0.2, 0) is 34.0 Å². The number of hydrogen-bond donors (Lipinski definition) is 1. The van der Waals surface area contributed by atoms with Crippen molar-refractivity contribution in [1.82, 2.24) is 15.0 Å². The third-order valence-corrected chi connectivity index (χ3v) is 7.29. The Morgan fingerprint density at radius 1 is 1.08 bits per heavy atom. The summed E-state index contributed by atoms with van der Waals surface area (Å²) in [5.41, 5.74) is 2.16. The van der Waals surface area contributed by atoms with E-state index < -0.39 is 17.2 Å². The van der Waals surface area contributed by atoms with Gasteiger partial charge in [0.05, 0.1) is 23.8 Å². The predicted molar refractivity (Wildman–Crippen MR) is 138 cm³/mol. The van der Waals surface area contributed by atoms with Crippen LogP contribution in [0.5, 0.6) is 0 Å². The van der Waals surface area contributed by atoms with E-state index in [2.05, 4.69) is 10.3 Å². The highest BCUT2D eigenvalue weighted by molar-refractivity contribution is 5.86. The van der Waals surface area contributed by atoms with Gasteiger partial charge in [0, 0.05) is 42.9 Å². The number of fused-ring (bicyclic) bond motifs is 1. The molecule has 0 spiro atoms. The zero-order chi connectivity index (χ0) is 27.1. The van der Waals surface area contributed by atoms with Gasteiger partial charge in [-0.15, -0.1) is 0 Å². The molecule has 2 aromatic heterocycles. The fourth-order valence-electron chi connectivity index (χ4n) is 5.00. The molecule has 0 radical (unpaired) electrons. The van der Waals surface area contributed by atoms with Crippen LogP contribution in [-0.4, -0.2) is 41.1 Å². The van der Waals surface area contributed by atoms with Crippen LogP contribution in [0.15, 0.2) is 42.6 Å². The molecule has 2 aliphatic rings. The van der Waals surface area contributed by atoms with E-state index in [4.69, 9.17) is 14.7 Å². The number of esters is 1. The summed E-state index contributed by atoms with van der Waals surface area (Å²) in [5, 5.41) is 3.41. The molecule has 1 saturated carbocycles. The molecule has 38 heavy (non-hydrogen) atoms. The van der Waals surface area contributed by atoms with Gasteiger partial charge in [-0.3, -0.25) is 4.79 Å². The van der Waals surface area contributed by atoms with Crippen molar-refractivity contribution in [3.8, 4) is 0 Å². The van der Waals surface area contributed by atoms with Crippen LogP contribution in [0.4, 0.5) is 30.5 Å². The number of pyridine rings is 1. The van der Waals surface area contributed by atoms with Crippen molar-refractivity contribution >= 4 is 23.3 Å². The first kappa shape index (κ1) is 25.9. The smallest absolute Gasteiger partial charge is 0.419 e. The first-order valence-corrected chi connectivity index (χ1v) is 12.8. The zero-order valence-electron chi connectivity index (χ0n) is 21.6. The largest absolute Gasteiger partial charge is 0.468 e. The van der Waals surface area contributed by atoms with Crippen molar-refractivity contribution in [3.63, 3.8) is 0 Å². The van der Waals surface area contributed by atoms with Crippen molar-refractivity contribution in [2.45, 2.75) is 57.0 Å². The minimum atomic E-state index is -4.49. The molecule has 5 rings (SSSR count). The number of aromatic nitrogens is 3. The monoisotopic (exact) mass is 525 g/mol. The number of anilines is 3. The van der Waals surface area contributed by atoms with Gasteiger partial charge in [-0.1, -0.05) is 26.0 Å². The second-order valence-corrected chi connectivity index (χ2v) is 10.1. The standard InChI is InChI=1S/C28H30F3N5O2/c1-17(2)23-34-22-11-16-36(25-21(28(29,30)31)5-4-14-32-25)15-10-20(22)24(35-23)33-19-8-6-18(7-9-19)27(12-13-27)26(37)38-3/h4-9,14,17H,10-13,15-16H2,1-3H3,(H,33,34,35). The lowest BCUT2D eigenvalue weighted by atomic mass is 9.96. The molecule has 0 unspecified atom stereocenters. The highest BCUT2D eigenvalue weighted by Gasteiger charge is 2.52. The minimum absolute atomic E-state index is 0.0606. The van der Waals surface area contributed by atoms with Gasteiger partial charge in [0.1, 0.15) is 17.5 Å². The lowest BCUT2D eigenvalue weighted by molar-refractivity contribution is -0.143. The van der Waals surface area contributed by atoms with Crippen LogP contribution in [0.1, 0.15) is 60.8 Å². The second-order valence-electron chi connectivity index (χ2n) is 10.1. The Bertz CT molecular complexity index is 1340. The minimum Gasteiger partial charge on any atom is -0.468 e. The Morgan fingerprint density at radius 3 is 2.42 bits per heavy atom. The topological polar surface area (TPSA) is 80.2 Å². The summed E-state index contributed by atoms with van der Waals surface area (Å²) >= 11 is 0. The van der Waals surface area contributed by atoms with Crippen LogP contribution in [0.25, 0.3) is 0 Å². The third kappa shape index (κ3) is 4.91. The molecule has 10 heteroatoms. The Balaban J connectivity index is 1.43. The van der Waals surface area contributed by atoms with Gasteiger partial charge < -0.3 is 15.0 Å². The van der Waals surface area contributed by atoms with Crippen molar-refractivity contribution in [2.24, 2.45) is 0 Å². The Kier molecular flexibility index (Phi) is 6.75. The number of carbonyl (C=O) groups excluding carboxylic acids is 1. The summed E-state index contributed by atoms with van der Waals surface area (Å²) in [4.78, 5) is 27.6. The SMILES string of the molecule is COC(=O)C1(c2ccc(Nc3nc(C(C)C)nc4c3CCN(c3ncccc3C(F)(F)F)CC4)cc2)CC1. The number of hydrogen-bond acceptors (Lipinski definition) is 7. The number of nitrogens with one attached hydrogen (secondary N) is 1. The van der Waals surface area contributed by atoms with Gasteiger partial charge >= 0.3 is 12.1 Å². The first-order chi connectivity index (χ1) is 18.1. The van der Waals surface area contributed by atoms with Gasteiger partial charge in [-0.05, 0) is 49.1 Å². The van der Waals surface area contributed by atoms with Gasteiger partial charge in [0.15, 0.2) is 0 Å². The average Bonchev–Trinajstić information content (AvgIpc) is 3.73. The Hall–Kier alpha value is -3.69. The van der Waals surface area contributed by atoms with Gasteiger partial charge in [-0.2, -0.15) is 13.2 Å². The molecule has 1 N–H and O–H groups in total. The van der Waals surface area contributed by atoms with Crippen LogP contribution < -0.4 is 10.2 Å². The van der Waals surface area contributed by atoms with E-state index in [1.54, 1.807) is 4.90 Å². The van der Waals surface area contributed by atoms with E-state index in [1.165, 1.54) is 19.4 Å². The molecule has 3 aromatic rings. The molecule has 200 valence electrons. The first-order valence-electron chi connectivity index (χ1n) is 12.8. The van der Waals surface area contributed by atoms with Gasteiger partial charge in [-0.25, -0.2) is 15.0 Å². The molecule has 1 aliphatic heterocycles. The molecular formula is C28H30F3N5O2. The molecule has 1 aromatic carbocycles. The second kappa shape index (κ2) is 9.89. The van der Waals surface area contributed by atoms with E-state index in [0.29, 0.717) is 37.6 Å². The van der Waals surface area contributed by atoms with Crippen LogP contribution in [0.2, 0.25) is 0 Å². The predicted octanol–water partition coefficient (Wildman–Crippen LogP) is 5.57. The molecule has 7 nitrogen and oxygen atoms in total. The number of nitrogens with zero attached hydrogens (tertiary/aromatic N) is 4. The Morgan fingerprint density at radius 2 is 1.79 bits per heavy atom. The Labute approximate surface area is 219 Å². The van der Waals surface area contributed by atoms with Crippen LogP contribution >= 0.6 is 0 Å². The van der Waals surface area contributed by atoms with E-state index in [9.17, 15) is 18.0 Å². The van der Waals surface area contributed by atoms with Crippen molar-refractivity contribution in [2.75, 3.05) is 30.4 Å². The van der Waals surface area contributed by atoms with E-state index >= 15 is 0 Å². The van der Waals surface area contributed by atoms with Gasteiger partial charge in [0.2, 0.25) is 0 Å². The van der Waals surface area contributed by atoms with Crippen LogP contribution in [0, 0.1) is 0 Å². The summed E-state index contributed by atoms with van der Waals surface area (Å²) in [6, 6.07) is 10.1. The maximum atomic E-state index is 13.7. The fourth-order valence-corrected chi connectivity index (χ4v) is 5.00. The summed E-state index contributed by atoms with van der Waals surface area (Å²) < 4.78 is 46.0. The maximum absolute atomic E-state index is 13.7. The van der Waals surface area contributed by atoms with E-state index in [-0.39, 0.29) is 17.7 Å². The number of benzene rings is 1. The summed E-state index contributed by atoms with van der Waals surface area (Å²) in [6.45, 7) is 4.74. The van der Waals surface area contributed by atoms with E-state index in [0.717, 1.165) is 41.4 Å². The maximum Gasteiger partial charge on any atom is 0.419 e. The zero-order valence-corrected chi connectivity index (χ0v) is 21.6. The third-order valence-electron chi connectivity index (χ3n) is 7.29. The molecule has 1 fully saturated rings. The number of alkyl halides is 3. The molecule has 0 bridgehead atoms. The number of methoxy groups -OCH3 is 1. The fraction of sp³-hybridized carbons (Fsp3) is 0.429.